The number of hydrogen-bond donors (Lipinski definition) is 1. The molecule has 4 heterocycles. The van der Waals surface area contributed by atoms with Crippen LogP contribution in [0.2, 0.25) is 0 Å². The number of rotatable bonds is 6. The van der Waals surface area contributed by atoms with E-state index in [9.17, 15) is 9.59 Å². The number of aryl methyl sites for hydroxylation is 1. The fraction of sp³-hybridized carbons (Fsp3) is 0.367. The van der Waals surface area contributed by atoms with Crippen molar-refractivity contribution in [2.45, 2.75) is 44.8 Å². The van der Waals surface area contributed by atoms with Gasteiger partial charge in [-0.25, -0.2) is 0 Å². The molecule has 1 aromatic carbocycles. The zero-order chi connectivity index (χ0) is 25.6. The highest BCUT2D eigenvalue weighted by molar-refractivity contribution is 5.85. The molecule has 2 fully saturated rings. The van der Waals surface area contributed by atoms with Crippen molar-refractivity contribution in [3.8, 4) is 0 Å². The van der Waals surface area contributed by atoms with Crippen LogP contribution in [0.5, 0.6) is 0 Å². The van der Waals surface area contributed by atoms with E-state index in [0.717, 1.165) is 45.3 Å². The van der Waals surface area contributed by atoms with Crippen molar-refractivity contribution >= 4 is 16.8 Å². The van der Waals surface area contributed by atoms with Gasteiger partial charge in [0, 0.05) is 74.5 Å². The summed E-state index contributed by atoms with van der Waals surface area (Å²) < 4.78 is 3.82. The molecule has 0 spiro atoms. The SMILES string of the molecule is Cn1ccccc1=O.O=C(C1CCCNC1)N(Cc1cn(Cc2cccnc2)c2ccccc12)C1CC1. The zero-order valence-electron chi connectivity index (χ0n) is 21.4. The Labute approximate surface area is 217 Å². The summed E-state index contributed by atoms with van der Waals surface area (Å²) in [6.45, 7) is 3.36. The standard InChI is InChI=1S/C24H28N4O.C6H7NO/c29-24(19-6-4-12-26-14-19)28(21-9-10-21)17-20-16-27(15-18-5-3-11-25-13-18)23-8-2-1-7-22(20)23;1-7-5-3-2-4-6(7)8/h1-3,5,7-8,11,13,16,19,21,26H,4,6,9-10,12,14-15,17H2;2-5H,1H3. The first-order valence-electron chi connectivity index (χ1n) is 13.2. The second-order valence-corrected chi connectivity index (χ2v) is 10.1. The summed E-state index contributed by atoms with van der Waals surface area (Å²) in [7, 11) is 1.72. The van der Waals surface area contributed by atoms with E-state index in [-0.39, 0.29) is 11.5 Å². The van der Waals surface area contributed by atoms with E-state index >= 15 is 0 Å². The molecule has 1 aliphatic carbocycles. The van der Waals surface area contributed by atoms with Crippen molar-refractivity contribution in [1.29, 1.82) is 0 Å². The second-order valence-electron chi connectivity index (χ2n) is 10.1. The monoisotopic (exact) mass is 497 g/mol. The third kappa shape index (κ3) is 6.17. The number of piperidine rings is 1. The predicted molar refractivity (Wildman–Crippen MR) is 146 cm³/mol. The van der Waals surface area contributed by atoms with Crippen molar-refractivity contribution in [2.75, 3.05) is 13.1 Å². The highest BCUT2D eigenvalue weighted by Crippen LogP contribution is 2.33. The molecule has 1 saturated carbocycles. The van der Waals surface area contributed by atoms with Crippen LogP contribution in [0.15, 0.2) is 84.2 Å². The number of amides is 1. The summed E-state index contributed by atoms with van der Waals surface area (Å²) in [6.07, 6.45) is 12.1. The van der Waals surface area contributed by atoms with Gasteiger partial charge in [0.05, 0.1) is 5.92 Å². The number of pyridine rings is 2. The number of para-hydroxylation sites is 1. The Morgan fingerprint density at radius 1 is 1.08 bits per heavy atom. The second kappa shape index (κ2) is 11.6. The average molecular weight is 498 g/mol. The quantitative estimate of drug-likeness (QED) is 0.438. The van der Waals surface area contributed by atoms with E-state index in [4.69, 9.17) is 0 Å². The molecule has 1 N–H and O–H groups in total. The van der Waals surface area contributed by atoms with Gasteiger partial charge in [-0.3, -0.25) is 14.6 Å². The van der Waals surface area contributed by atoms with Crippen molar-refractivity contribution in [3.63, 3.8) is 0 Å². The molecule has 1 unspecified atom stereocenters. The number of nitrogens with zero attached hydrogens (tertiary/aromatic N) is 4. The van der Waals surface area contributed by atoms with E-state index in [0.29, 0.717) is 18.5 Å². The molecule has 3 aromatic heterocycles. The van der Waals surface area contributed by atoms with Gasteiger partial charge in [0.15, 0.2) is 0 Å². The molecule has 7 nitrogen and oxygen atoms in total. The molecule has 1 aliphatic heterocycles. The van der Waals surface area contributed by atoms with Crippen molar-refractivity contribution in [1.82, 2.24) is 24.3 Å². The van der Waals surface area contributed by atoms with E-state index in [2.05, 4.69) is 56.3 Å². The largest absolute Gasteiger partial charge is 0.343 e. The first-order chi connectivity index (χ1) is 18.1. The van der Waals surface area contributed by atoms with Crippen molar-refractivity contribution < 1.29 is 4.79 Å². The van der Waals surface area contributed by atoms with Gasteiger partial charge >= 0.3 is 0 Å². The number of aromatic nitrogens is 3. The Balaban J connectivity index is 0.000000301. The van der Waals surface area contributed by atoms with Gasteiger partial charge < -0.3 is 19.4 Å². The number of carbonyl (C=O) groups is 1. The molecule has 1 amide bonds. The van der Waals surface area contributed by atoms with Crippen LogP contribution in [0.3, 0.4) is 0 Å². The fourth-order valence-corrected chi connectivity index (χ4v) is 5.03. The Kier molecular flexibility index (Phi) is 7.80. The van der Waals surface area contributed by atoms with Crippen molar-refractivity contribution in [2.24, 2.45) is 13.0 Å². The first kappa shape index (κ1) is 25.0. The fourth-order valence-electron chi connectivity index (χ4n) is 5.03. The molecule has 2 aliphatic rings. The summed E-state index contributed by atoms with van der Waals surface area (Å²) in [5, 5.41) is 4.64. The van der Waals surface area contributed by atoms with E-state index in [1.54, 1.807) is 19.3 Å². The Morgan fingerprint density at radius 3 is 2.59 bits per heavy atom. The minimum absolute atomic E-state index is 0.0347. The lowest BCUT2D eigenvalue weighted by atomic mass is 9.97. The molecule has 1 saturated heterocycles. The van der Waals surface area contributed by atoms with Crippen LogP contribution in [0.1, 0.15) is 36.8 Å². The van der Waals surface area contributed by atoms with Gasteiger partial charge in [-0.2, -0.15) is 0 Å². The maximum atomic E-state index is 13.3. The van der Waals surface area contributed by atoms with E-state index < -0.39 is 0 Å². The maximum absolute atomic E-state index is 13.3. The first-order valence-corrected chi connectivity index (χ1v) is 13.2. The third-order valence-electron chi connectivity index (χ3n) is 7.21. The molecule has 37 heavy (non-hydrogen) atoms. The summed E-state index contributed by atoms with van der Waals surface area (Å²) >= 11 is 0. The van der Waals surface area contributed by atoms with Gasteiger partial charge in [0.2, 0.25) is 11.5 Å². The topological polar surface area (TPSA) is 72.2 Å². The molecule has 7 heteroatoms. The lowest BCUT2D eigenvalue weighted by Crippen LogP contribution is -2.43. The molecule has 192 valence electrons. The lowest BCUT2D eigenvalue weighted by Gasteiger charge is -2.29. The van der Waals surface area contributed by atoms with Gasteiger partial charge in [-0.15, -0.1) is 0 Å². The summed E-state index contributed by atoms with van der Waals surface area (Å²) in [5.41, 5.74) is 3.68. The van der Waals surface area contributed by atoms with Gasteiger partial charge in [-0.1, -0.05) is 30.3 Å². The van der Waals surface area contributed by atoms with Gasteiger partial charge in [0.1, 0.15) is 0 Å². The molecule has 4 aromatic rings. The normalized spacial score (nSPS) is 17.2. The minimum atomic E-state index is 0.0347. The van der Waals surface area contributed by atoms with Gasteiger partial charge in [0.25, 0.3) is 0 Å². The van der Waals surface area contributed by atoms with Crippen LogP contribution in [0.4, 0.5) is 0 Å². The smallest absolute Gasteiger partial charge is 0.250 e. The van der Waals surface area contributed by atoms with Crippen LogP contribution in [0.25, 0.3) is 10.9 Å². The molecular weight excluding hydrogens is 462 g/mol. The highest BCUT2D eigenvalue weighted by Gasteiger charge is 2.36. The Hall–Kier alpha value is -3.71. The minimum Gasteiger partial charge on any atom is -0.343 e. The van der Waals surface area contributed by atoms with Crippen LogP contribution in [-0.4, -0.2) is 44.1 Å². The molecule has 1 atom stereocenters. The van der Waals surface area contributed by atoms with Crippen LogP contribution in [-0.2, 0) is 24.9 Å². The zero-order valence-corrected chi connectivity index (χ0v) is 21.4. The summed E-state index contributed by atoms with van der Waals surface area (Å²) in [5.74, 6) is 0.469. The van der Waals surface area contributed by atoms with Gasteiger partial charge in [-0.05, 0) is 61.6 Å². The number of nitrogens with one attached hydrogen (secondary N) is 1. The Morgan fingerprint density at radius 2 is 1.92 bits per heavy atom. The predicted octanol–water partition coefficient (Wildman–Crippen LogP) is 3.96. The number of hydrogen-bond acceptors (Lipinski definition) is 4. The summed E-state index contributed by atoms with van der Waals surface area (Å²) in [6, 6.07) is 18.1. The van der Waals surface area contributed by atoms with Crippen molar-refractivity contribution in [3.05, 3.63) is 101 Å². The van der Waals surface area contributed by atoms with E-state index in [1.165, 1.54) is 32.7 Å². The maximum Gasteiger partial charge on any atom is 0.250 e. The van der Waals surface area contributed by atoms with Crippen LogP contribution >= 0.6 is 0 Å². The molecule has 0 radical (unpaired) electrons. The third-order valence-corrected chi connectivity index (χ3v) is 7.21. The number of fused-ring (bicyclic) bond motifs is 1. The average Bonchev–Trinajstić information content (AvgIpc) is 3.73. The van der Waals surface area contributed by atoms with E-state index in [1.807, 2.05) is 24.5 Å². The van der Waals surface area contributed by atoms with Crippen LogP contribution < -0.4 is 10.9 Å². The number of benzene rings is 1. The Bertz CT molecular complexity index is 1380. The molecular formula is C30H35N5O2. The molecule has 6 rings (SSSR count). The van der Waals surface area contributed by atoms with Crippen LogP contribution in [0, 0.1) is 5.92 Å². The number of carbonyl (C=O) groups excluding carboxylic acids is 1. The lowest BCUT2D eigenvalue weighted by molar-refractivity contribution is -0.137. The summed E-state index contributed by atoms with van der Waals surface area (Å²) in [4.78, 5) is 30.3. The molecule has 0 bridgehead atoms. The highest BCUT2D eigenvalue weighted by atomic mass is 16.2.